The molecular formula is C19H26N2. The molecule has 0 spiro atoms. The second kappa shape index (κ2) is 6.77. The predicted molar refractivity (Wildman–Crippen MR) is 91.9 cm³/mol. The minimum Gasteiger partial charge on any atom is -0.371 e. The zero-order valence-electron chi connectivity index (χ0n) is 13.3. The van der Waals surface area contributed by atoms with Crippen molar-refractivity contribution in [1.82, 2.24) is 0 Å². The third-order valence-corrected chi connectivity index (χ3v) is 4.30. The first-order valence-corrected chi connectivity index (χ1v) is 7.67. The summed E-state index contributed by atoms with van der Waals surface area (Å²) < 4.78 is 0. The Morgan fingerprint density at radius 2 is 1.62 bits per heavy atom. The quantitative estimate of drug-likeness (QED) is 0.874. The molecule has 0 bridgehead atoms. The normalized spacial score (nSPS) is 13.7. The molecule has 0 amide bonds. The summed E-state index contributed by atoms with van der Waals surface area (Å²) in [7, 11) is 0. The van der Waals surface area contributed by atoms with Crippen LogP contribution < -0.4 is 10.6 Å². The van der Waals surface area contributed by atoms with Crippen LogP contribution >= 0.6 is 0 Å². The third kappa shape index (κ3) is 3.45. The number of nitrogens with two attached hydrogens (primary N) is 1. The van der Waals surface area contributed by atoms with E-state index < -0.39 is 0 Å². The topological polar surface area (TPSA) is 29.3 Å². The fourth-order valence-electron chi connectivity index (χ4n) is 2.82. The van der Waals surface area contributed by atoms with E-state index in [1.54, 1.807) is 0 Å². The first kappa shape index (κ1) is 15.6. The molecule has 0 saturated heterocycles. The fraction of sp³-hybridized carbons (Fsp3) is 0.368. The first-order chi connectivity index (χ1) is 10.1. The zero-order chi connectivity index (χ0) is 15.3. The Morgan fingerprint density at radius 1 is 1.00 bits per heavy atom. The molecule has 0 saturated carbocycles. The second-order valence-corrected chi connectivity index (χ2v) is 5.93. The summed E-state index contributed by atoms with van der Waals surface area (Å²) >= 11 is 0. The number of rotatable bonds is 6. The van der Waals surface area contributed by atoms with Crippen LogP contribution in [0.1, 0.15) is 25.0 Å². The molecule has 0 radical (unpaired) electrons. The SMILES string of the molecule is CCN(CC(C)(CN)c1ccccc1)c1ccccc1C. The molecule has 2 aromatic carbocycles. The highest BCUT2D eigenvalue weighted by Gasteiger charge is 2.27. The fourth-order valence-corrected chi connectivity index (χ4v) is 2.82. The average molecular weight is 282 g/mol. The van der Waals surface area contributed by atoms with E-state index in [0.29, 0.717) is 6.54 Å². The number of aryl methyl sites for hydroxylation is 1. The molecule has 1 atom stereocenters. The average Bonchev–Trinajstić information content (AvgIpc) is 2.54. The Labute approximate surface area is 128 Å². The summed E-state index contributed by atoms with van der Waals surface area (Å²) in [5.41, 5.74) is 10.0. The van der Waals surface area contributed by atoms with Crippen LogP contribution in [0, 0.1) is 6.92 Å². The number of nitrogens with zero attached hydrogens (tertiary/aromatic N) is 1. The number of hydrogen-bond donors (Lipinski definition) is 1. The van der Waals surface area contributed by atoms with Crippen molar-refractivity contribution in [2.45, 2.75) is 26.2 Å². The highest BCUT2D eigenvalue weighted by atomic mass is 15.1. The Morgan fingerprint density at radius 3 is 2.19 bits per heavy atom. The van der Waals surface area contributed by atoms with Gasteiger partial charge in [0.2, 0.25) is 0 Å². The van der Waals surface area contributed by atoms with Gasteiger partial charge in [0, 0.05) is 30.7 Å². The van der Waals surface area contributed by atoms with Crippen LogP contribution in [-0.2, 0) is 5.41 Å². The summed E-state index contributed by atoms with van der Waals surface area (Å²) in [6.07, 6.45) is 0. The lowest BCUT2D eigenvalue weighted by Crippen LogP contribution is -2.44. The van der Waals surface area contributed by atoms with Crippen molar-refractivity contribution in [3.63, 3.8) is 0 Å². The maximum absolute atomic E-state index is 6.13. The molecule has 2 nitrogen and oxygen atoms in total. The van der Waals surface area contributed by atoms with Gasteiger partial charge in [0.1, 0.15) is 0 Å². The Bertz CT molecular complexity index is 565. The summed E-state index contributed by atoms with van der Waals surface area (Å²) in [5.74, 6) is 0. The van der Waals surface area contributed by atoms with Gasteiger partial charge >= 0.3 is 0 Å². The standard InChI is InChI=1S/C19H26N2/c1-4-21(18-13-9-8-10-16(18)2)15-19(3,14-20)17-11-6-5-7-12-17/h5-13H,4,14-15,20H2,1-3H3. The molecule has 0 aliphatic rings. The van der Waals surface area contributed by atoms with E-state index in [2.05, 4.69) is 80.3 Å². The van der Waals surface area contributed by atoms with Crippen molar-refractivity contribution in [3.8, 4) is 0 Å². The van der Waals surface area contributed by atoms with E-state index in [9.17, 15) is 0 Å². The predicted octanol–water partition coefficient (Wildman–Crippen LogP) is 3.74. The van der Waals surface area contributed by atoms with Crippen molar-refractivity contribution in [2.24, 2.45) is 5.73 Å². The van der Waals surface area contributed by atoms with E-state index >= 15 is 0 Å². The van der Waals surface area contributed by atoms with Gasteiger partial charge in [0.05, 0.1) is 0 Å². The van der Waals surface area contributed by atoms with Crippen LogP contribution in [0.25, 0.3) is 0 Å². The molecule has 2 rings (SSSR count). The summed E-state index contributed by atoms with van der Waals surface area (Å²) in [6.45, 7) is 9.17. The third-order valence-electron chi connectivity index (χ3n) is 4.30. The minimum atomic E-state index is -0.0421. The van der Waals surface area contributed by atoms with Gasteiger partial charge in [-0.25, -0.2) is 0 Å². The largest absolute Gasteiger partial charge is 0.371 e. The molecule has 0 aromatic heterocycles. The lowest BCUT2D eigenvalue weighted by atomic mass is 9.82. The van der Waals surface area contributed by atoms with Gasteiger partial charge in [0.25, 0.3) is 0 Å². The van der Waals surface area contributed by atoms with E-state index in [1.165, 1.54) is 16.8 Å². The summed E-state index contributed by atoms with van der Waals surface area (Å²) in [5, 5.41) is 0. The van der Waals surface area contributed by atoms with Crippen molar-refractivity contribution < 1.29 is 0 Å². The maximum atomic E-state index is 6.13. The van der Waals surface area contributed by atoms with Crippen LogP contribution in [0.4, 0.5) is 5.69 Å². The van der Waals surface area contributed by atoms with Crippen molar-refractivity contribution in [2.75, 3.05) is 24.5 Å². The van der Waals surface area contributed by atoms with Gasteiger partial charge in [-0.3, -0.25) is 0 Å². The monoisotopic (exact) mass is 282 g/mol. The summed E-state index contributed by atoms with van der Waals surface area (Å²) in [4.78, 5) is 2.43. The molecule has 1 unspecified atom stereocenters. The maximum Gasteiger partial charge on any atom is 0.0396 e. The van der Waals surface area contributed by atoms with Crippen LogP contribution in [0.3, 0.4) is 0 Å². The van der Waals surface area contributed by atoms with Gasteiger partial charge in [-0.1, -0.05) is 55.5 Å². The van der Waals surface area contributed by atoms with Gasteiger partial charge in [-0.05, 0) is 31.0 Å². The Balaban J connectivity index is 2.30. The van der Waals surface area contributed by atoms with Crippen LogP contribution in [0.5, 0.6) is 0 Å². The van der Waals surface area contributed by atoms with Gasteiger partial charge < -0.3 is 10.6 Å². The smallest absolute Gasteiger partial charge is 0.0396 e. The van der Waals surface area contributed by atoms with Crippen LogP contribution in [0.2, 0.25) is 0 Å². The molecule has 2 N–H and O–H groups in total. The molecule has 21 heavy (non-hydrogen) atoms. The van der Waals surface area contributed by atoms with Crippen LogP contribution in [-0.4, -0.2) is 19.6 Å². The van der Waals surface area contributed by atoms with E-state index in [-0.39, 0.29) is 5.41 Å². The number of benzene rings is 2. The molecular weight excluding hydrogens is 256 g/mol. The van der Waals surface area contributed by atoms with Crippen molar-refractivity contribution in [3.05, 3.63) is 65.7 Å². The molecule has 0 fully saturated rings. The number of hydrogen-bond acceptors (Lipinski definition) is 2. The molecule has 2 aromatic rings. The van der Waals surface area contributed by atoms with Gasteiger partial charge in [0.15, 0.2) is 0 Å². The number of anilines is 1. The molecule has 0 aliphatic heterocycles. The van der Waals surface area contributed by atoms with Crippen LogP contribution in [0.15, 0.2) is 54.6 Å². The molecule has 0 heterocycles. The number of likely N-dealkylation sites (N-methyl/N-ethyl adjacent to an activating group) is 1. The molecule has 112 valence electrons. The van der Waals surface area contributed by atoms with Gasteiger partial charge in [-0.15, -0.1) is 0 Å². The number of para-hydroxylation sites is 1. The molecule has 2 heteroatoms. The highest BCUT2D eigenvalue weighted by Crippen LogP contribution is 2.28. The van der Waals surface area contributed by atoms with Crippen molar-refractivity contribution >= 4 is 5.69 Å². The lowest BCUT2D eigenvalue weighted by molar-refractivity contribution is 0.477. The highest BCUT2D eigenvalue weighted by molar-refractivity contribution is 5.53. The lowest BCUT2D eigenvalue weighted by Gasteiger charge is -2.36. The molecule has 0 aliphatic carbocycles. The van der Waals surface area contributed by atoms with E-state index in [4.69, 9.17) is 5.73 Å². The minimum absolute atomic E-state index is 0.0421. The summed E-state index contributed by atoms with van der Waals surface area (Å²) in [6, 6.07) is 19.2. The van der Waals surface area contributed by atoms with E-state index in [1.807, 2.05) is 0 Å². The van der Waals surface area contributed by atoms with Gasteiger partial charge in [-0.2, -0.15) is 0 Å². The van der Waals surface area contributed by atoms with Crippen molar-refractivity contribution in [1.29, 1.82) is 0 Å². The Hall–Kier alpha value is -1.80. The first-order valence-electron chi connectivity index (χ1n) is 7.67. The van der Waals surface area contributed by atoms with E-state index in [0.717, 1.165) is 13.1 Å². The zero-order valence-corrected chi connectivity index (χ0v) is 13.3. The Kier molecular flexibility index (Phi) is 5.03. The second-order valence-electron chi connectivity index (χ2n) is 5.93.